The van der Waals surface area contributed by atoms with Gasteiger partial charge in [-0.25, -0.2) is 0 Å². The number of phenolic OH excluding ortho intramolecular Hbond substituents is 1. The van der Waals surface area contributed by atoms with Gasteiger partial charge >= 0.3 is 5.69 Å². The maximum absolute atomic E-state index is 10.4. The van der Waals surface area contributed by atoms with Crippen molar-refractivity contribution in [2.75, 3.05) is 6.54 Å². The average Bonchev–Trinajstić information content (AvgIpc) is 2.17. The van der Waals surface area contributed by atoms with Crippen LogP contribution >= 0.6 is 0 Å². The van der Waals surface area contributed by atoms with Crippen LogP contribution in [0.3, 0.4) is 0 Å². The fourth-order valence-corrected chi connectivity index (χ4v) is 1.21. The third-order valence-corrected chi connectivity index (χ3v) is 1.98. The van der Waals surface area contributed by atoms with Gasteiger partial charge < -0.3 is 15.9 Å². The van der Waals surface area contributed by atoms with Crippen molar-refractivity contribution in [3.05, 3.63) is 33.9 Å². The Labute approximate surface area is 86.1 Å². The van der Waals surface area contributed by atoms with Gasteiger partial charge in [0, 0.05) is 12.6 Å². The first kappa shape index (κ1) is 11.4. The lowest BCUT2D eigenvalue weighted by Crippen LogP contribution is -2.21. The summed E-state index contributed by atoms with van der Waals surface area (Å²) >= 11 is 0. The van der Waals surface area contributed by atoms with E-state index in [4.69, 9.17) is 5.73 Å². The van der Waals surface area contributed by atoms with E-state index in [1.807, 2.05) is 0 Å². The molecule has 0 spiro atoms. The molecule has 0 aliphatic carbocycles. The van der Waals surface area contributed by atoms with E-state index >= 15 is 0 Å². The number of nitrogens with zero attached hydrogens (tertiary/aromatic N) is 1. The Bertz CT molecular complexity index is 367. The van der Waals surface area contributed by atoms with Crippen LogP contribution in [-0.2, 0) is 6.42 Å². The predicted molar refractivity (Wildman–Crippen MR) is 53.5 cm³/mol. The topological polar surface area (TPSA) is 110 Å². The lowest BCUT2D eigenvalue weighted by atomic mass is 10.1. The van der Waals surface area contributed by atoms with Gasteiger partial charge in [0.1, 0.15) is 0 Å². The van der Waals surface area contributed by atoms with Crippen molar-refractivity contribution in [2.45, 2.75) is 12.5 Å². The third kappa shape index (κ3) is 2.90. The van der Waals surface area contributed by atoms with Gasteiger partial charge in [-0.1, -0.05) is 6.07 Å². The van der Waals surface area contributed by atoms with E-state index < -0.39 is 16.8 Å². The number of phenols is 1. The van der Waals surface area contributed by atoms with E-state index in [1.54, 1.807) is 0 Å². The molecule has 0 saturated carbocycles. The van der Waals surface area contributed by atoms with Crippen LogP contribution in [0.15, 0.2) is 18.2 Å². The minimum atomic E-state index is -0.703. The summed E-state index contributed by atoms with van der Waals surface area (Å²) in [6, 6.07) is 3.95. The standard InChI is InChI=1S/C9H12N2O4/c10-5-7(12)3-6-1-2-8(11(14)15)9(13)4-6/h1-2,4,7,12-13H,3,5,10H2. The number of rotatable bonds is 4. The summed E-state index contributed by atoms with van der Waals surface area (Å²) in [5, 5.41) is 28.9. The molecule has 1 aromatic carbocycles. The van der Waals surface area contributed by atoms with Gasteiger partial charge in [0.25, 0.3) is 0 Å². The number of nitro groups is 1. The Morgan fingerprint density at radius 2 is 2.20 bits per heavy atom. The van der Waals surface area contributed by atoms with Crippen LogP contribution in [0.5, 0.6) is 5.75 Å². The first-order chi connectivity index (χ1) is 7.04. The molecule has 0 fully saturated rings. The molecule has 82 valence electrons. The summed E-state index contributed by atoms with van der Waals surface area (Å²) in [4.78, 5) is 9.72. The Kier molecular flexibility index (Phi) is 3.59. The first-order valence-corrected chi connectivity index (χ1v) is 4.39. The van der Waals surface area contributed by atoms with Crippen LogP contribution in [0.4, 0.5) is 5.69 Å². The van der Waals surface area contributed by atoms with Gasteiger partial charge in [-0.15, -0.1) is 0 Å². The summed E-state index contributed by atoms with van der Waals surface area (Å²) < 4.78 is 0. The maximum atomic E-state index is 10.4. The molecule has 0 aliphatic rings. The number of nitro benzene ring substituents is 1. The smallest absolute Gasteiger partial charge is 0.310 e. The number of hydrogen-bond donors (Lipinski definition) is 3. The number of nitrogens with two attached hydrogens (primary N) is 1. The van der Waals surface area contributed by atoms with Crippen LogP contribution < -0.4 is 5.73 Å². The first-order valence-electron chi connectivity index (χ1n) is 4.39. The highest BCUT2D eigenvalue weighted by Gasteiger charge is 2.13. The average molecular weight is 212 g/mol. The molecule has 0 amide bonds. The SMILES string of the molecule is NCC(O)Cc1ccc([N+](=O)[O-])c(O)c1. The fourth-order valence-electron chi connectivity index (χ4n) is 1.21. The molecule has 0 heterocycles. The molecular weight excluding hydrogens is 200 g/mol. The van der Waals surface area contributed by atoms with Gasteiger partial charge in [-0.2, -0.15) is 0 Å². The molecule has 1 aromatic rings. The normalized spacial score (nSPS) is 12.4. The van der Waals surface area contributed by atoms with Crippen LogP contribution in [0.2, 0.25) is 0 Å². The van der Waals surface area contributed by atoms with Gasteiger partial charge in [0.15, 0.2) is 5.75 Å². The molecule has 1 unspecified atom stereocenters. The highest BCUT2D eigenvalue weighted by atomic mass is 16.6. The monoisotopic (exact) mass is 212 g/mol. The quantitative estimate of drug-likeness (QED) is 0.486. The lowest BCUT2D eigenvalue weighted by molar-refractivity contribution is -0.385. The van der Waals surface area contributed by atoms with Crippen LogP contribution in [0.25, 0.3) is 0 Å². The highest BCUT2D eigenvalue weighted by Crippen LogP contribution is 2.26. The number of aromatic hydroxyl groups is 1. The van der Waals surface area contributed by atoms with Crippen molar-refractivity contribution in [2.24, 2.45) is 5.73 Å². The molecule has 1 atom stereocenters. The van der Waals surface area contributed by atoms with Crippen molar-refractivity contribution in [1.82, 2.24) is 0 Å². The van der Waals surface area contributed by atoms with Gasteiger partial charge in [0.05, 0.1) is 11.0 Å². The van der Waals surface area contributed by atoms with Crippen molar-refractivity contribution >= 4 is 5.69 Å². The van der Waals surface area contributed by atoms with Crippen LogP contribution in [0, 0.1) is 10.1 Å². The Morgan fingerprint density at radius 3 is 2.67 bits per heavy atom. The molecule has 15 heavy (non-hydrogen) atoms. The van der Waals surface area contributed by atoms with Crippen LogP contribution in [-0.4, -0.2) is 27.8 Å². The minimum absolute atomic E-state index is 0.109. The molecular formula is C9H12N2O4. The zero-order valence-corrected chi connectivity index (χ0v) is 7.96. The molecule has 6 heteroatoms. The second-order valence-corrected chi connectivity index (χ2v) is 3.17. The van der Waals surface area contributed by atoms with Gasteiger partial charge in [-0.3, -0.25) is 10.1 Å². The summed E-state index contributed by atoms with van der Waals surface area (Å²) in [7, 11) is 0. The van der Waals surface area contributed by atoms with Crippen molar-refractivity contribution < 1.29 is 15.1 Å². The number of hydrogen-bond acceptors (Lipinski definition) is 5. The Morgan fingerprint density at radius 1 is 1.53 bits per heavy atom. The van der Waals surface area contributed by atoms with E-state index in [0.29, 0.717) is 5.56 Å². The fraction of sp³-hybridized carbons (Fsp3) is 0.333. The zero-order chi connectivity index (χ0) is 11.4. The molecule has 4 N–H and O–H groups in total. The van der Waals surface area contributed by atoms with E-state index in [1.165, 1.54) is 18.2 Å². The van der Waals surface area contributed by atoms with E-state index in [9.17, 15) is 20.3 Å². The van der Waals surface area contributed by atoms with Crippen molar-refractivity contribution in [3.8, 4) is 5.75 Å². The Balaban J connectivity index is 2.87. The third-order valence-electron chi connectivity index (χ3n) is 1.98. The number of aliphatic hydroxyl groups excluding tert-OH is 1. The Hall–Kier alpha value is -1.66. The largest absolute Gasteiger partial charge is 0.502 e. The summed E-state index contributed by atoms with van der Waals surface area (Å²) in [5.41, 5.74) is 5.48. The summed E-state index contributed by atoms with van der Waals surface area (Å²) in [5.74, 6) is -0.401. The molecule has 1 rings (SSSR count). The summed E-state index contributed by atoms with van der Waals surface area (Å²) in [6.45, 7) is 0.109. The second kappa shape index (κ2) is 4.72. The lowest BCUT2D eigenvalue weighted by Gasteiger charge is -2.07. The molecule has 0 radical (unpaired) electrons. The highest BCUT2D eigenvalue weighted by molar-refractivity contribution is 5.47. The minimum Gasteiger partial charge on any atom is -0.502 e. The van der Waals surface area contributed by atoms with Crippen molar-refractivity contribution in [3.63, 3.8) is 0 Å². The molecule has 0 aliphatic heterocycles. The van der Waals surface area contributed by atoms with E-state index in [-0.39, 0.29) is 18.7 Å². The van der Waals surface area contributed by atoms with Crippen LogP contribution in [0.1, 0.15) is 5.56 Å². The number of benzene rings is 1. The second-order valence-electron chi connectivity index (χ2n) is 3.17. The number of aliphatic hydroxyl groups is 1. The molecule has 0 aromatic heterocycles. The zero-order valence-electron chi connectivity index (χ0n) is 7.96. The molecule has 6 nitrogen and oxygen atoms in total. The molecule has 0 bridgehead atoms. The van der Waals surface area contributed by atoms with E-state index in [2.05, 4.69) is 0 Å². The summed E-state index contributed by atoms with van der Waals surface area (Å²) in [6.07, 6.45) is -0.437. The van der Waals surface area contributed by atoms with Gasteiger partial charge in [0.2, 0.25) is 0 Å². The van der Waals surface area contributed by atoms with E-state index in [0.717, 1.165) is 0 Å². The van der Waals surface area contributed by atoms with Gasteiger partial charge in [-0.05, 0) is 18.1 Å². The maximum Gasteiger partial charge on any atom is 0.310 e. The molecule has 0 saturated heterocycles. The predicted octanol–water partition coefficient (Wildman–Crippen LogP) is 0.163. The van der Waals surface area contributed by atoms with Crippen molar-refractivity contribution in [1.29, 1.82) is 0 Å².